The van der Waals surface area contributed by atoms with E-state index in [-0.39, 0.29) is 12.4 Å². The van der Waals surface area contributed by atoms with Gasteiger partial charge in [-0.05, 0) is 42.2 Å². The highest BCUT2D eigenvalue weighted by Gasteiger charge is 2.06. The number of rotatable bonds is 8. The number of hydrazone groups is 1. The Labute approximate surface area is 153 Å². The van der Waals surface area contributed by atoms with Crippen molar-refractivity contribution < 1.29 is 19.4 Å². The highest BCUT2D eigenvalue weighted by molar-refractivity contribution is 5.86. The molecule has 0 heterocycles. The Morgan fingerprint density at radius 1 is 1.27 bits per heavy atom. The third-order valence-corrected chi connectivity index (χ3v) is 4.07. The number of benzene rings is 2. The summed E-state index contributed by atoms with van der Waals surface area (Å²) in [6, 6.07) is 12.7. The van der Waals surface area contributed by atoms with E-state index in [0.717, 1.165) is 6.42 Å². The van der Waals surface area contributed by atoms with Crippen LogP contribution in [0.4, 0.5) is 0 Å². The summed E-state index contributed by atoms with van der Waals surface area (Å²) in [6.07, 6.45) is 2.42. The topological polar surface area (TPSA) is 80.2 Å². The molecule has 0 aliphatic carbocycles. The number of phenols is 1. The van der Waals surface area contributed by atoms with Crippen LogP contribution < -0.4 is 14.9 Å². The average molecular weight is 356 g/mol. The first kappa shape index (κ1) is 19.3. The number of para-hydroxylation sites is 1. The molecule has 0 radical (unpaired) electrons. The Bertz CT molecular complexity index is 757. The molecule has 0 saturated heterocycles. The van der Waals surface area contributed by atoms with Crippen LogP contribution >= 0.6 is 0 Å². The van der Waals surface area contributed by atoms with Crippen molar-refractivity contribution in [2.75, 3.05) is 13.7 Å². The lowest BCUT2D eigenvalue weighted by molar-refractivity contribution is -0.123. The smallest absolute Gasteiger partial charge is 0.277 e. The van der Waals surface area contributed by atoms with Crippen molar-refractivity contribution in [3.05, 3.63) is 53.6 Å². The van der Waals surface area contributed by atoms with Gasteiger partial charge in [0, 0.05) is 5.56 Å². The van der Waals surface area contributed by atoms with Gasteiger partial charge in [-0.2, -0.15) is 5.10 Å². The van der Waals surface area contributed by atoms with Gasteiger partial charge >= 0.3 is 0 Å². The van der Waals surface area contributed by atoms with Gasteiger partial charge in [0.2, 0.25) is 0 Å². The second-order valence-electron chi connectivity index (χ2n) is 5.86. The van der Waals surface area contributed by atoms with E-state index in [1.54, 1.807) is 18.2 Å². The first-order chi connectivity index (χ1) is 12.5. The van der Waals surface area contributed by atoms with Crippen molar-refractivity contribution in [3.8, 4) is 17.2 Å². The molecule has 2 N–H and O–H groups in total. The van der Waals surface area contributed by atoms with Gasteiger partial charge in [-0.25, -0.2) is 5.43 Å². The van der Waals surface area contributed by atoms with Gasteiger partial charge in [0.1, 0.15) is 5.75 Å². The van der Waals surface area contributed by atoms with Gasteiger partial charge < -0.3 is 14.6 Å². The van der Waals surface area contributed by atoms with Gasteiger partial charge in [-0.15, -0.1) is 0 Å². The maximum Gasteiger partial charge on any atom is 0.277 e. The van der Waals surface area contributed by atoms with E-state index in [2.05, 4.69) is 24.4 Å². The van der Waals surface area contributed by atoms with Gasteiger partial charge in [0.05, 0.1) is 13.3 Å². The molecule has 138 valence electrons. The van der Waals surface area contributed by atoms with E-state index in [4.69, 9.17) is 9.47 Å². The van der Waals surface area contributed by atoms with Crippen molar-refractivity contribution >= 4 is 12.1 Å². The Morgan fingerprint density at radius 3 is 2.65 bits per heavy atom. The lowest BCUT2D eigenvalue weighted by atomic mass is 9.99. The number of carbonyl (C=O) groups excluding carboxylic acids is 1. The molecule has 0 bridgehead atoms. The Hall–Kier alpha value is -3.02. The molecule has 6 nitrogen and oxygen atoms in total. The monoisotopic (exact) mass is 356 g/mol. The van der Waals surface area contributed by atoms with Crippen LogP contribution in [0.2, 0.25) is 0 Å². The zero-order valence-corrected chi connectivity index (χ0v) is 15.2. The standard InChI is InChI=1S/C20H24N2O4/c1-4-14(2)15-8-10-17(11-9-15)26-13-19(23)22-21-12-16-6-5-7-18(25-3)20(16)24/h5-12,14,24H,4,13H2,1-3H3,(H,22,23)/b21-12+/t14-/m1/s1. The number of aromatic hydroxyl groups is 1. The van der Waals surface area contributed by atoms with Crippen molar-refractivity contribution in [2.24, 2.45) is 5.10 Å². The lowest BCUT2D eigenvalue weighted by Crippen LogP contribution is -2.24. The number of ether oxygens (including phenoxy) is 2. The molecule has 6 heteroatoms. The molecule has 2 rings (SSSR count). The van der Waals surface area contributed by atoms with Crippen LogP contribution in [-0.4, -0.2) is 30.9 Å². The number of hydrogen-bond donors (Lipinski definition) is 2. The maximum atomic E-state index is 11.8. The number of amides is 1. The van der Waals surface area contributed by atoms with Crippen LogP contribution in [0, 0.1) is 0 Å². The Kier molecular flexibility index (Phi) is 7.02. The van der Waals surface area contributed by atoms with Gasteiger partial charge in [0.25, 0.3) is 5.91 Å². The van der Waals surface area contributed by atoms with Gasteiger partial charge in [-0.3, -0.25) is 4.79 Å². The summed E-state index contributed by atoms with van der Waals surface area (Å²) < 4.78 is 10.5. The molecule has 2 aromatic carbocycles. The molecule has 0 unspecified atom stereocenters. The average Bonchev–Trinajstić information content (AvgIpc) is 2.67. The molecule has 2 aromatic rings. The molecular weight excluding hydrogens is 332 g/mol. The number of methoxy groups -OCH3 is 1. The molecule has 0 saturated carbocycles. The predicted molar refractivity (Wildman–Crippen MR) is 101 cm³/mol. The lowest BCUT2D eigenvalue weighted by Gasteiger charge is -2.10. The Balaban J connectivity index is 1.84. The minimum Gasteiger partial charge on any atom is -0.504 e. The third kappa shape index (κ3) is 5.24. The van der Waals surface area contributed by atoms with E-state index in [1.165, 1.54) is 18.9 Å². The maximum absolute atomic E-state index is 11.8. The summed E-state index contributed by atoms with van der Waals surface area (Å²) in [5.74, 6) is 1.03. The summed E-state index contributed by atoms with van der Waals surface area (Å²) in [4.78, 5) is 11.8. The number of nitrogens with zero attached hydrogens (tertiary/aromatic N) is 1. The quantitative estimate of drug-likeness (QED) is 0.561. The molecule has 0 spiro atoms. The molecule has 0 aliphatic rings. The van der Waals surface area contributed by atoms with Crippen molar-refractivity contribution in [1.82, 2.24) is 5.43 Å². The molecule has 1 amide bonds. The molecule has 0 fully saturated rings. The van der Waals surface area contributed by atoms with E-state index >= 15 is 0 Å². The summed E-state index contributed by atoms with van der Waals surface area (Å²) in [7, 11) is 1.46. The third-order valence-electron chi connectivity index (χ3n) is 4.07. The van der Waals surface area contributed by atoms with E-state index in [1.807, 2.05) is 24.3 Å². The molecule has 26 heavy (non-hydrogen) atoms. The second kappa shape index (κ2) is 9.46. The SMILES string of the molecule is CC[C@@H](C)c1ccc(OCC(=O)N/N=C/c2cccc(OC)c2O)cc1. The molecule has 0 aliphatic heterocycles. The van der Waals surface area contributed by atoms with Crippen LogP contribution in [0.25, 0.3) is 0 Å². The fourth-order valence-electron chi connectivity index (χ4n) is 2.29. The van der Waals surface area contributed by atoms with Crippen LogP contribution in [-0.2, 0) is 4.79 Å². The molecule has 0 aromatic heterocycles. The van der Waals surface area contributed by atoms with Crippen LogP contribution in [0.3, 0.4) is 0 Å². The van der Waals surface area contributed by atoms with Crippen LogP contribution in [0.15, 0.2) is 47.6 Å². The van der Waals surface area contributed by atoms with E-state index < -0.39 is 5.91 Å². The van der Waals surface area contributed by atoms with E-state index in [9.17, 15) is 9.90 Å². The van der Waals surface area contributed by atoms with Crippen LogP contribution in [0.5, 0.6) is 17.2 Å². The predicted octanol–water partition coefficient (Wildman–Crippen LogP) is 3.44. The fraction of sp³-hybridized carbons (Fsp3) is 0.300. The Morgan fingerprint density at radius 2 is 2.00 bits per heavy atom. The number of carbonyl (C=O) groups is 1. The summed E-state index contributed by atoms with van der Waals surface area (Å²) >= 11 is 0. The summed E-state index contributed by atoms with van der Waals surface area (Å²) in [5.41, 5.74) is 4.04. The number of nitrogens with one attached hydrogen (secondary N) is 1. The molecule has 1 atom stereocenters. The minimum absolute atomic E-state index is 0.0364. The van der Waals surface area contributed by atoms with Crippen molar-refractivity contribution in [3.63, 3.8) is 0 Å². The molecular formula is C20H24N2O4. The van der Waals surface area contributed by atoms with Crippen LogP contribution in [0.1, 0.15) is 37.3 Å². The van der Waals surface area contributed by atoms with Gasteiger partial charge in [0.15, 0.2) is 18.1 Å². The first-order valence-electron chi connectivity index (χ1n) is 8.45. The number of hydrogen-bond acceptors (Lipinski definition) is 5. The fourth-order valence-corrected chi connectivity index (χ4v) is 2.29. The summed E-state index contributed by atoms with van der Waals surface area (Å²) in [6.45, 7) is 4.16. The second-order valence-corrected chi connectivity index (χ2v) is 5.86. The van der Waals surface area contributed by atoms with Gasteiger partial charge in [-0.1, -0.05) is 32.0 Å². The largest absolute Gasteiger partial charge is 0.504 e. The number of phenolic OH excluding ortho intramolecular Hbond substituents is 1. The summed E-state index contributed by atoms with van der Waals surface area (Å²) in [5, 5.41) is 13.7. The van der Waals surface area contributed by atoms with Crippen molar-refractivity contribution in [2.45, 2.75) is 26.2 Å². The van der Waals surface area contributed by atoms with E-state index in [0.29, 0.717) is 23.0 Å². The highest BCUT2D eigenvalue weighted by atomic mass is 16.5. The van der Waals surface area contributed by atoms with Crippen molar-refractivity contribution in [1.29, 1.82) is 0 Å². The zero-order valence-electron chi connectivity index (χ0n) is 15.2. The minimum atomic E-state index is -0.394. The highest BCUT2D eigenvalue weighted by Crippen LogP contribution is 2.27. The first-order valence-corrected chi connectivity index (χ1v) is 8.45. The normalized spacial score (nSPS) is 12.0. The zero-order chi connectivity index (χ0) is 18.9.